The molecule has 0 aliphatic carbocycles. The van der Waals surface area contributed by atoms with E-state index in [0.717, 1.165) is 30.9 Å². The van der Waals surface area contributed by atoms with E-state index in [-0.39, 0.29) is 22.8 Å². The van der Waals surface area contributed by atoms with Crippen molar-refractivity contribution in [1.29, 1.82) is 0 Å². The molecule has 27 heavy (non-hydrogen) atoms. The van der Waals surface area contributed by atoms with Crippen molar-refractivity contribution in [1.82, 2.24) is 0 Å². The number of benzene rings is 2. The Kier molecular flexibility index (Phi) is 7.05. The zero-order chi connectivity index (χ0) is 19.8. The number of carbonyl (C=O) groups excluding carboxylic acids is 2. The molecule has 0 spiro atoms. The highest BCUT2D eigenvalue weighted by Crippen LogP contribution is 2.27. The van der Waals surface area contributed by atoms with Gasteiger partial charge < -0.3 is 9.47 Å². The van der Waals surface area contributed by atoms with Gasteiger partial charge in [0.25, 0.3) is 0 Å². The van der Waals surface area contributed by atoms with Crippen LogP contribution >= 0.6 is 0 Å². The molecule has 0 atom stereocenters. The Labute approximate surface area is 157 Å². The number of Topliss-reactive ketones (excluding diaryl/α,β-unsaturated/α-hetero) is 1. The first-order valence-electron chi connectivity index (χ1n) is 8.58. The van der Waals surface area contributed by atoms with Gasteiger partial charge in [-0.15, -0.1) is 0 Å². The molecule has 2 aromatic rings. The van der Waals surface area contributed by atoms with Gasteiger partial charge in [0.15, 0.2) is 18.1 Å². The number of nitrogens with zero attached hydrogens (tertiary/aromatic N) is 1. The summed E-state index contributed by atoms with van der Waals surface area (Å²) in [7, 11) is 1.30. The quantitative estimate of drug-likeness (QED) is 0.286. The van der Waals surface area contributed by atoms with Crippen molar-refractivity contribution in [2.45, 2.75) is 26.2 Å². The van der Waals surface area contributed by atoms with Gasteiger partial charge in [0.2, 0.25) is 0 Å². The predicted octanol–water partition coefficient (Wildman–Crippen LogP) is 3.99. The minimum absolute atomic E-state index is 0.0230. The Hall–Kier alpha value is -3.22. The summed E-state index contributed by atoms with van der Waals surface area (Å²) < 4.78 is 9.88. The smallest absolute Gasteiger partial charge is 0.338 e. The first kappa shape index (κ1) is 20.1. The monoisotopic (exact) mass is 371 g/mol. The maximum absolute atomic E-state index is 12.2. The van der Waals surface area contributed by atoms with Crippen molar-refractivity contribution >= 4 is 17.4 Å². The highest BCUT2D eigenvalue weighted by molar-refractivity contribution is 5.99. The number of aryl methyl sites for hydroxylation is 1. The lowest BCUT2D eigenvalue weighted by Crippen LogP contribution is -2.14. The van der Waals surface area contributed by atoms with Gasteiger partial charge in [0, 0.05) is 11.6 Å². The number of esters is 1. The number of hydrogen-bond donors (Lipinski definition) is 0. The maximum atomic E-state index is 12.2. The third-order valence-corrected chi connectivity index (χ3v) is 4.04. The third kappa shape index (κ3) is 5.37. The first-order valence-corrected chi connectivity index (χ1v) is 8.58. The average Bonchev–Trinajstić information content (AvgIpc) is 2.69. The molecule has 7 nitrogen and oxygen atoms in total. The van der Waals surface area contributed by atoms with E-state index in [1.54, 1.807) is 12.1 Å². The SMILES string of the molecule is CCCCc1ccc(C(=O)COC(=O)c2ccc(OC)c([N+](=O)[O-])c2)cc1. The zero-order valence-electron chi connectivity index (χ0n) is 15.3. The second-order valence-corrected chi connectivity index (χ2v) is 5.94. The van der Waals surface area contributed by atoms with Gasteiger partial charge in [0.05, 0.1) is 17.6 Å². The van der Waals surface area contributed by atoms with E-state index in [0.29, 0.717) is 5.56 Å². The van der Waals surface area contributed by atoms with Crippen molar-refractivity contribution < 1.29 is 24.0 Å². The number of unbranched alkanes of at least 4 members (excludes halogenated alkanes) is 1. The van der Waals surface area contributed by atoms with Crippen LogP contribution in [0.1, 0.15) is 46.0 Å². The molecule has 0 amide bonds. The van der Waals surface area contributed by atoms with Crippen LogP contribution in [0, 0.1) is 10.1 Å². The summed E-state index contributed by atoms with van der Waals surface area (Å²) in [5.41, 5.74) is 1.23. The molecule has 0 aromatic heterocycles. The molecule has 0 N–H and O–H groups in total. The van der Waals surface area contributed by atoms with Gasteiger partial charge in [-0.1, -0.05) is 37.6 Å². The number of ketones is 1. The second-order valence-electron chi connectivity index (χ2n) is 5.94. The molecule has 0 radical (unpaired) electrons. The van der Waals surface area contributed by atoms with E-state index < -0.39 is 17.5 Å². The van der Waals surface area contributed by atoms with E-state index in [1.807, 2.05) is 12.1 Å². The van der Waals surface area contributed by atoms with Crippen LogP contribution in [0.3, 0.4) is 0 Å². The Morgan fingerprint density at radius 3 is 2.33 bits per heavy atom. The summed E-state index contributed by atoms with van der Waals surface area (Å²) in [5, 5.41) is 11.0. The van der Waals surface area contributed by atoms with Gasteiger partial charge in [0.1, 0.15) is 0 Å². The molecule has 0 aliphatic rings. The number of nitro benzene ring substituents is 1. The summed E-state index contributed by atoms with van der Waals surface area (Å²) >= 11 is 0. The molecule has 0 heterocycles. The van der Waals surface area contributed by atoms with Gasteiger partial charge in [-0.05, 0) is 30.5 Å². The first-order chi connectivity index (χ1) is 13.0. The standard InChI is InChI=1S/C20H21NO6/c1-3-4-5-14-6-8-15(9-7-14)18(22)13-27-20(23)16-10-11-19(26-2)17(12-16)21(24)25/h6-12H,3-5,13H2,1-2H3. The van der Waals surface area contributed by atoms with Crippen LogP contribution in [0.15, 0.2) is 42.5 Å². The summed E-state index contributed by atoms with van der Waals surface area (Å²) in [6.07, 6.45) is 3.13. The molecule has 142 valence electrons. The molecular weight excluding hydrogens is 350 g/mol. The number of methoxy groups -OCH3 is 1. The molecule has 0 unspecified atom stereocenters. The largest absolute Gasteiger partial charge is 0.490 e. The van der Waals surface area contributed by atoms with Crippen molar-refractivity contribution in [3.63, 3.8) is 0 Å². The minimum Gasteiger partial charge on any atom is -0.490 e. The van der Waals surface area contributed by atoms with E-state index in [4.69, 9.17) is 9.47 Å². The maximum Gasteiger partial charge on any atom is 0.338 e. The number of ether oxygens (including phenoxy) is 2. The highest BCUT2D eigenvalue weighted by atomic mass is 16.6. The van der Waals surface area contributed by atoms with Crippen LogP contribution < -0.4 is 4.74 Å². The van der Waals surface area contributed by atoms with Crippen molar-refractivity contribution in [3.05, 3.63) is 69.3 Å². The second kappa shape index (κ2) is 9.47. The lowest BCUT2D eigenvalue weighted by atomic mass is 10.0. The lowest BCUT2D eigenvalue weighted by Gasteiger charge is -2.07. The zero-order valence-corrected chi connectivity index (χ0v) is 15.3. The van der Waals surface area contributed by atoms with Gasteiger partial charge >= 0.3 is 11.7 Å². The topological polar surface area (TPSA) is 95.7 Å². The van der Waals surface area contributed by atoms with E-state index in [1.165, 1.54) is 19.2 Å². The van der Waals surface area contributed by atoms with E-state index in [2.05, 4.69) is 6.92 Å². The van der Waals surface area contributed by atoms with E-state index in [9.17, 15) is 19.7 Å². The molecular formula is C20H21NO6. The van der Waals surface area contributed by atoms with E-state index >= 15 is 0 Å². The number of hydrogen-bond acceptors (Lipinski definition) is 6. The number of rotatable bonds is 9. The van der Waals surface area contributed by atoms with Crippen LogP contribution in [-0.2, 0) is 11.2 Å². The van der Waals surface area contributed by atoms with Crippen LogP contribution in [0.5, 0.6) is 5.75 Å². The van der Waals surface area contributed by atoms with Crippen molar-refractivity contribution in [3.8, 4) is 5.75 Å². The summed E-state index contributed by atoms with van der Waals surface area (Å²) in [5.74, 6) is -1.11. The molecule has 7 heteroatoms. The van der Waals surface area contributed by atoms with Gasteiger partial charge in [-0.3, -0.25) is 14.9 Å². The van der Waals surface area contributed by atoms with Gasteiger partial charge in [-0.25, -0.2) is 4.79 Å². The van der Waals surface area contributed by atoms with Crippen LogP contribution in [0.4, 0.5) is 5.69 Å². The fourth-order valence-electron chi connectivity index (χ4n) is 2.50. The van der Waals surface area contributed by atoms with Crippen LogP contribution in [0.25, 0.3) is 0 Å². The molecule has 2 rings (SSSR count). The molecule has 2 aromatic carbocycles. The molecule has 0 fully saturated rings. The molecule has 0 saturated heterocycles. The molecule has 0 aliphatic heterocycles. The predicted molar refractivity (Wildman–Crippen MR) is 99.3 cm³/mol. The highest BCUT2D eigenvalue weighted by Gasteiger charge is 2.19. The van der Waals surface area contributed by atoms with Crippen molar-refractivity contribution in [2.24, 2.45) is 0 Å². The summed E-state index contributed by atoms with van der Waals surface area (Å²) in [6, 6.07) is 10.9. The van der Waals surface area contributed by atoms with Crippen LogP contribution in [-0.4, -0.2) is 30.4 Å². The Balaban J connectivity index is 1.99. The normalized spacial score (nSPS) is 10.3. The Morgan fingerprint density at radius 2 is 1.74 bits per heavy atom. The Bertz CT molecular complexity index is 829. The summed E-state index contributed by atoms with van der Waals surface area (Å²) in [4.78, 5) is 34.6. The fourth-order valence-corrected chi connectivity index (χ4v) is 2.50. The Morgan fingerprint density at radius 1 is 1.07 bits per heavy atom. The van der Waals surface area contributed by atoms with Crippen molar-refractivity contribution in [2.75, 3.05) is 13.7 Å². The average molecular weight is 371 g/mol. The number of nitro groups is 1. The molecule has 0 bridgehead atoms. The van der Waals surface area contributed by atoms with Gasteiger partial charge in [-0.2, -0.15) is 0 Å². The summed E-state index contributed by atoms with van der Waals surface area (Å²) in [6.45, 7) is 1.68. The fraction of sp³-hybridized carbons (Fsp3) is 0.300. The third-order valence-electron chi connectivity index (χ3n) is 4.04. The van der Waals surface area contributed by atoms with Crippen LogP contribution in [0.2, 0.25) is 0 Å². The minimum atomic E-state index is -0.811. The lowest BCUT2D eigenvalue weighted by molar-refractivity contribution is -0.385. The number of carbonyl (C=O) groups is 2. The molecule has 0 saturated carbocycles.